The van der Waals surface area contributed by atoms with Gasteiger partial charge in [-0.25, -0.2) is 14.4 Å². The van der Waals surface area contributed by atoms with Crippen LogP contribution in [0.5, 0.6) is 11.6 Å². The first-order valence-electron chi connectivity index (χ1n) is 4.78. The predicted octanol–water partition coefficient (Wildman–Crippen LogP) is 3.06. The zero-order valence-electron chi connectivity index (χ0n) is 8.95. The standard InChI is InChI=1S/C11H9BrFN3O/c1-6-10(14)15-5-16-11(6)17-7-2-3-9(13)8(12)4-7/h2-5H,1H3,(H2,14,15,16). The lowest BCUT2D eigenvalue weighted by molar-refractivity contribution is 0.455. The molecule has 2 rings (SSSR count). The van der Waals surface area contributed by atoms with Crippen molar-refractivity contribution >= 4 is 21.7 Å². The van der Waals surface area contributed by atoms with E-state index >= 15 is 0 Å². The summed E-state index contributed by atoms with van der Waals surface area (Å²) in [6.45, 7) is 1.75. The summed E-state index contributed by atoms with van der Waals surface area (Å²) in [5, 5.41) is 0. The van der Waals surface area contributed by atoms with E-state index in [1.165, 1.54) is 24.5 Å². The predicted molar refractivity (Wildman–Crippen MR) is 65.4 cm³/mol. The molecule has 0 saturated heterocycles. The Labute approximate surface area is 106 Å². The number of nitrogens with zero attached hydrogens (tertiary/aromatic N) is 2. The normalized spacial score (nSPS) is 10.3. The monoisotopic (exact) mass is 297 g/mol. The quantitative estimate of drug-likeness (QED) is 0.925. The Hall–Kier alpha value is -1.69. The molecule has 0 saturated carbocycles. The van der Waals surface area contributed by atoms with Crippen LogP contribution < -0.4 is 10.5 Å². The van der Waals surface area contributed by atoms with Crippen molar-refractivity contribution in [3.63, 3.8) is 0 Å². The molecule has 0 aliphatic carbocycles. The van der Waals surface area contributed by atoms with Gasteiger partial charge in [0.05, 0.1) is 10.0 Å². The lowest BCUT2D eigenvalue weighted by Gasteiger charge is -2.08. The molecule has 17 heavy (non-hydrogen) atoms. The Morgan fingerprint density at radius 3 is 2.82 bits per heavy atom. The summed E-state index contributed by atoms with van der Waals surface area (Å²) in [5.41, 5.74) is 6.27. The zero-order chi connectivity index (χ0) is 12.4. The molecule has 4 nitrogen and oxygen atoms in total. The minimum absolute atomic E-state index is 0.328. The minimum Gasteiger partial charge on any atom is -0.439 e. The fourth-order valence-electron chi connectivity index (χ4n) is 1.20. The van der Waals surface area contributed by atoms with Gasteiger partial charge in [0.2, 0.25) is 5.88 Å². The number of hydrogen-bond acceptors (Lipinski definition) is 4. The molecule has 2 N–H and O–H groups in total. The maximum atomic E-state index is 13.0. The third-order valence-corrected chi connectivity index (χ3v) is 2.79. The molecule has 0 fully saturated rings. The molecule has 1 heterocycles. The number of aromatic nitrogens is 2. The van der Waals surface area contributed by atoms with Crippen LogP contribution in [0.4, 0.5) is 10.2 Å². The minimum atomic E-state index is -0.351. The van der Waals surface area contributed by atoms with E-state index < -0.39 is 0 Å². The van der Waals surface area contributed by atoms with E-state index in [1.54, 1.807) is 6.92 Å². The second kappa shape index (κ2) is 4.67. The first-order chi connectivity index (χ1) is 8.08. The molecule has 2 aromatic rings. The molecule has 88 valence electrons. The average molecular weight is 298 g/mol. The van der Waals surface area contributed by atoms with E-state index in [2.05, 4.69) is 25.9 Å². The Morgan fingerprint density at radius 1 is 1.35 bits per heavy atom. The molecule has 1 aromatic heterocycles. The molecule has 0 spiro atoms. The van der Waals surface area contributed by atoms with Crippen LogP contribution in [0, 0.1) is 12.7 Å². The van der Waals surface area contributed by atoms with Gasteiger partial charge in [0.25, 0.3) is 0 Å². The van der Waals surface area contributed by atoms with E-state index in [1.807, 2.05) is 0 Å². The van der Waals surface area contributed by atoms with Crippen molar-refractivity contribution in [3.05, 3.63) is 40.4 Å². The highest BCUT2D eigenvalue weighted by atomic mass is 79.9. The van der Waals surface area contributed by atoms with Gasteiger partial charge in [-0.3, -0.25) is 0 Å². The lowest BCUT2D eigenvalue weighted by atomic mass is 10.3. The number of anilines is 1. The number of halogens is 2. The number of rotatable bonds is 2. The first-order valence-corrected chi connectivity index (χ1v) is 5.57. The van der Waals surface area contributed by atoms with Gasteiger partial charge in [-0.2, -0.15) is 0 Å². The second-order valence-electron chi connectivity index (χ2n) is 3.37. The highest BCUT2D eigenvalue weighted by molar-refractivity contribution is 9.10. The summed E-state index contributed by atoms with van der Waals surface area (Å²) in [6, 6.07) is 4.34. The topological polar surface area (TPSA) is 61.0 Å². The number of nitrogen functional groups attached to an aromatic ring is 1. The highest BCUT2D eigenvalue weighted by Crippen LogP contribution is 2.27. The largest absolute Gasteiger partial charge is 0.439 e. The molecular formula is C11H9BrFN3O. The maximum absolute atomic E-state index is 13.0. The van der Waals surface area contributed by atoms with Gasteiger partial charge in [-0.1, -0.05) is 0 Å². The van der Waals surface area contributed by atoms with E-state index in [0.717, 1.165) is 0 Å². The summed E-state index contributed by atoms with van der Waals surface area (Å²) in [4.78, 5) is 7.79. The lowest BCUT2D eigenvalue weighted by Crippen LogP contribution is -1.99. The molecule has 0 atom stereocenters. The summed E-state index contributed by atoms with van der Waals surface area (Å²) >= 11 is 3.08. The van der Waals surface area contributed by atoms with Crippen LogP contribution in [0.25, 0.3) is 0 Å². The smallest absolute Gasteiger partial charge is 0.227 e. The van der Waals surface area contributed by atoms with Crippen LogP contribution in [0.2, 0.25) is 0 Å². The summed E-state index contributed by atoms with van der Waals surface area (Å²) < 4.78 is 18.9. The van der Waals surface area contributed by atoms with Gasteiger partial charge in [0.1, 0.15) is 23.7 Å². The molecule has 1 aromatic carbocycles. The van der Waals surface area contributed by atoms with E-state index in [9.17, 15) is 4.39 Å². The van der Waals surface area contributed by atoms with Gasteiger partial charge in [0, 0.05) is 0 Å². The van der Waals surface area contributed by atoms with Crippen LogP contribution in [-0.4, -0.2) is 9.97 Å². The van der Waals surface area contributed by atoms with Crippen LogP contribution >= 0.6 is 15.9 Å². The van der Waals surface area contributed by atoms with Gasteiger partial charge < -0.3 is 10.5 Å². The number of hydrogen-bond donors (Lipinski definition) is 1. The average Bonchev–Trinajstić information content (AvgIpc) is 2.30. The van der Waals surface area contributed by atoms with Crippen LogP contribution in [-0.2, 0) is 0 Å². The fraction of sp³-hybridized carbons (Fsp3) is 0.0909. The highest BCUT2D eigenvalue weighted by Gasteiger charge is 2.08. The molecule has 6 heteroatoms. The van der Waals surface area contributed by atoms with Crippen molar-refractivity contribution in [1.82, 2.24) is 9.97 Å². The van der Waals surface area contributed by atoms with Crippen LogP contribution in [0.1, 0.15) is 5.56 Å². The molecule has 0 amide bonds. The van der Waals surface area contributed by atoms with Crippen molar-refractivity contribution < 1.29 is 9.13 Å². The SMILES string of the molecule is Cc1c(N)ncnc1Oc1ccc(F)c(Br)c1. The van der Waals surface area contributed by atoms with Gasteiger partial charge in [-0.05, 0) is 41.1 Å². The summed E-state index contributed by atoms with van der Waals surface area (Å²) in [5.74, 6) is 0.836. The van der Waals surface area contributed by atoms with E-state index in [4.69, 9.17) is 10.5 Å². The Morgan fingerprint density at radius 2 is 2.12 bits per heavy atom. The van der Waals surface area contributed by atoms with Crippen molar-refractivity contribution in [2.45, 2.75) is 6.92 Å². The third kappa shape index (κ3) is 2.52. The zero-order valence-corrected chi connectivity index (χ0v) is 10.5. The molecular weight excluding hydrogens is 289 g/mol. The fourth-order valence-corrected chi connectivity index (χ4v) is 1.56. The number of benzene rings is 1. The Kier molecular flexibility index (Phi) is 3.23. The van der Waals surface area contributed by atoms with Gasteiger partial charge in [0.15, 0.2) is 0 Å². The molecule has 0 radical (unpaired) electrons. The van der Waals surface area contributed by atoms with Crippen molar-refractivity contribution in [3.8, 4) is 11.6 Å². The molecule has 0 unspecified atom stereocenters. The molecule has 0 aliphatic heterocycles. The Bertz CT molecular complexity index is 562. The summed E-state index contributed by atoms with van der Waals surface area (Å²) in [6.07, 6.45) is 1.32. The Balaban J connectivity index is 2.31. The van der Waals surface area contributed by atoms with Crippen LogP contribution in [0.3, 0.4) is 0 Å². The van der Waals surface area contributed by atoms with Gasteiger partial charge >= 0.3 is 0 Å². The van der Waals surface area contributed by atoms with Crippen molar-refractivity contribution in [1.29, 1.82) is 0 Å². The van der Waals surface area contributed by atoms with E-state index in [-0.39, 0.29) is 5.82 Å². The maximum Gasteiger partial charge on any atom is 0.227 e. The number of ether oxygens (including phenoxy) is 1. The van der Waals surface area contributed by atoms with E-state index in [0.29, 0.717) is 27.5 Å². The number of nitrogens with two attached hydrogens (primary N) is 1. The first kappa shape index (κ1) is 11.8. The molecule has 0 aliphatic rings. The molecule has 0 bridgehead atoms. The van der Waals surface area contributed by atoms with Crippen molar-refractivity contribution in [2.75, 3.05) is 5.73 Å². The van der Waals surface area contributed by atoms with Gasteiger partial charge in [-0.15, -0.1) is 0 Å². The third-order valence-electron chi connectivity index (χ3n) is 2.18. The summed E-state index contributed by atoms with van der Waals surface area (Å²) in [7, 11) is 0. The second-order valence-corrected chi connectivity index (χ2v) is 4.22. The van der Waals surface area contributed by atoms with Crippen LogP contribution in [0.15, 0.2) is 29.0 Å². The van der Waals surface area contributed by atoms with Crippen molar-refractivity contribution in [2.24, 2.45) is 0 Å².